The summed E-state index contributed by atoms with van der Waals surface area (Å²) >= 11 is 3.40. The van der Waals surface area contributed by atoms with Gasteiger partial charge in [-0.25, -0.2) is 4.79 Å². The number of anilines is 1. The van der Waals surface area contributed by atoms with E-state index in [2.05, 4.69) is 35.1 Å². The Hall–Kier alpha value is -1.03. The number of carbonyl (C=O) groups is 1. The van der Waals surface area contributed by atoms with Crippen molar-refractivity contribution in [3.05, 3.63) is 28.7 Å². The largest absolute Gasteiger partial charge is 0.449 e. The molecule has 4 saturated carbocycles. The van der Waals surface area contributed by atoms with Crippen LogP contribution in [0.3, 0.4) is 0 Å². The van der Waals surface area contributed by atoms with Gasteiger partial charge in [-0.2, -0.15) is 0 Å². The highest BCUT2D eigenvalue weighted by atomic mass is 79.9. The Morgan fingerprint density at radius 2 is 1.75 bits per heavy atom. The summed E-state index contributed by atoms with van der Waals surface area (Å²) in [5.41, 5.74) is 1.90. The summed E-state index contributed by atoms with van der Waals surface area (Å²) in [4.78, 5) is 12.2. The van der Waals surface area contributed by atoms with E-state index in [1.807, 2.05) is 24.3 Å². The number of hydrogen-bond donors (Lipinski definition) is 1. The van der Waals surface area contributed by atoms with Crippen molar-refractivity contribution in [2.45, 2.75) is 52.4 Å². The molecule has 4 bridgehead atoms. The lowest BCUT2D eigenvalue weighted by molar-refractivity contribution is -0.159. The summed E-state index contributed by atoms with van der Waals surface area (Å²) in [6, 6.07) is 7.57. The van der Waals surface area contributed by atoms with Crippen molar-refractivity contribution in [2.75, 3.05) is 11.9 Å². The van der Waals surface area contributed by atoms with Crippen molar-refractivity contribution in [1.29, 1.82) is 0 Å². The van der Waals surface area contributed by atoms with Crippen LogP contribution >= 0.6 is 15.9 Å². The van der Waals surface area contributed by atoms with E-state index in [4.69, 9.17) is 4.74 Å². The molecule has 130 valence electrons. The van der Waals surface area contributed by atoms with E-state index in [-0.39, 0.29) is 11.5 Å². The third kappa shape index (κ3) is 3.10. The molecule has 0 aromatic heterocycles. The number of hydrogen-bond acceptors (Lipinski definition) is 2. The Labute approximate surface area is 152 Å². The summed E-state index contributed by atoms with van der Waals surface area (Å²) in [5.74, 6) is 0.828. The third-order valence-corrected chi connectivity index (χ3v) is 6.87. The molecule has 4 aliphatic rings. The van der Waals surface area contributed by atoms with Gasteiger partial charge in [0.15, 0.2) is 0 Å². The number of nitrogens with one attached hydrogen (secondary N) is 1. The van der Waals surface area contributed by atoms with Crippen LogP contribution in [0.15, 0.2) is 28.7 Å². The van der Waals surface area contributed by atoms with Crippen LogP contribution in [0.4, 0.5) is 10.5 Å². The van der Waals surface area contributed by atoms with Gasteiger partial charge in [-0.1, -0.05) is 29.8 Å². The molecule has 0 aliphatic heterocycles. The molecular formula is C20H26BrNO2. The fourth-order valence-corrected chi connectivity index (χ4v) is 7.02. The zero-order chi connectivity index (χ0) is 17.0. The molecule has 3 nitrogen and oxygen atoms in total. The zero-order valence-corrected chi connectivity index (χ0v) is 16.1. The summed E-state index contributed by atoms with van der Waals surface area (Å²) in [7, 11) is 0. The standard InChI is InChI=1S/C20H26BrNO2/c1-18-7-14-8-19(2,10-18)12-20(9-14,11-18)13-24-17(23)22-16-5-3-15(21)4-6-16/h3-6,14H,7-13H2,1-2H3,(H,22,23). The lowest BCUT2D eigenvalue weighted by Crippen LogP contribution is -2.56. The van der Waals surface area contributed by atoms with E-state index in [1.54, 1.807) is 0 Å². The number of halogens is 1. The molecule has 1 aromatic rings. The normalized spacial score (nSPS) is 39.7. The summed E-state index contributed by atoms with van der Waals surface area (Å²) < 4.78 is 6.69. The summed E-state index contributed by atoms with van der Waals surface area (Å²) in [5, 5.41) is 2.84. The maximum atomic E-state index is 12.2. The highest BCUT2D eigenvalue weighted by molar-refractivity contribution is 9.10. The van der Waals surface area contributed by atoms with E-state index in [1.165, 1.54) is 38.5 Å². The Morgan fingerprint density at radius 1 is 1.12 bits per heavy atom. The smallest absolute Gasteiger partial charge is 0.411 e. The molecule has 1 amide bonds. The van der Waals surface area contributed by atoms with Crippen molar-refractivity contribution in [2.24, 2.45) is 22.2 Å². The fourth-order valence-electron chi connectivity index (χ4n) is 6.75. The van der Waals surface area contributed by atoms with Gasteiger partial charge in [0.1, 0.15) is 0 Å². The highest BCUT2D eigenvalue weighted by Crippen LogP contribution is 2.69. The van der Waals surface area contributed by atoms with Gasteiger partial charge < -0.3 is 4.74 Å². The van der Waals surface area contributed by atoms with Crippen LogP contribution < -0.4 is 5.32 Å². The molecule has 2 unspecified atom stereocenters. The fraction of sp³-hybridized carbons (Fsp3) is 0.650. The molecular weight excluding hydrogens is 366 g/mol. The first kappa shape index (κ1) is 16.4. The topological polar surface area (TPSA) is 38.3 Å². The first-order chi connectivity index (χ1) is 11.3. The van der Waals surface area contributed by atoms with Gasteiger partial charge in [0, 0.05) is 15.6 Å². The van der Waals surface area contributed by atoms with Gasteiger partial charge >= 0.3 is 6.09 Å². The van der Waals surface area contributed by atoms with Crippen LogP contribution in [0, 0.1) is 22.2 Å². The molecule has 4 heteroatoms. The molecule has 2 atom stereocenters. The quantitative estimate of drug-likeness (QED) is 0.686. The molecule has 1 N–H and O–H groups in total. The molecule has 4 aliphatic carbocycles. The van der Waals surface area contributed by atoms with Gasteiger partial charge in [0.05, 0.1) is 6.61 Å². The molecule has 4 fully saturated rings. The minimum atomic E-state index is -0.330. The van der Waals surface area contributed by atoms with Crippen molar-refractivity contribution in [3.8, 4) is 0 Å². The Bertz CT molecular complexity index is 638. The van der Waals surface area contributed by atoms with E-state index < -0.39 is 0 Å². The minimum Gasteiger partial charge on any atom is -0.449 e. The Balaban J connectivity index is 1.40. The van der Waals surface area contributed by atoms with E-state index >= 15 is 0 Å². The van der Waals surface area contributed by atoms with Gasteiger partial charge in [-0.05, 0) is 79.5 Å². The Kier molecular flexibility index (Phi) is 3.76. The molecule has 0 saturated heterocycles. The minimum absolute atomic E-state index is 0.208. The van der Waals surface area contributed by atoms with E-state index in [0.29, 0.717) is 17.4 Å². The van der Waals surface area contributed by atoms with Crippen molar-refractivity contribution >= 4 is 27.7 Å². The van der Waals surface area contributed by atoms with Gasteiger partial charge in [0.25, 0.3) is 0 Å². The average Bonchev–Trinajstić information content (AvgIpc) is 2.44. The molecule has 1 aromatic carbocycles. The van der Waals surface area contributed by atoms with Gasteiger partial charge in [-0.3, -0.25) is 5.32 Å². The first-order valence-electron chi connectivity index (χ1n) is 8.97. The van der Waals surface area contributed by atoms with E-state index in [9.17, 15) is 4.79 Å². The summed E-state index contributed by atoms with van der Waals surface area (Å²) in [6.45, 7) is 5.47. The van der Waals surface area contributed by atoms with Crippen molar-refractivity contribution in [1.82, 2.24) is 0 Å². The van der Waals surface area contributed by atoms with E-state index in [0.717, 1.165) is 16.1 Å². The second kappa shape index (κ2) is 5.48. The number of amides is 1. The maximum absolute atomic E-state index is 12.2. The van der Waals surface area contributed by atoms with Crippen LogP contribution in [-0.4, -0.2) is 12.7 Å². The first-order valence-corrected chi connectivity index (χ1v) is 9.76. The summed E-state index contributed by atoms with van der Waals surface area (Å²) in [6.07, 6.45) is 7.44. The highest BCUT2D eigenvalue weighted by Gasteiger charge is 2.60. The SMILES string of the molecule is CC12CC3CC(C)(C1)CC(COC(=O)Nc1ccc(Br)cc1)(C3)C2. The van der Waals surface area contributed by atoms with Crippen LogP contribution in [-0.2, 0) is 4.74 Å². The lowest BCUT2D eigenvalue weighted by Gasteiger charge is -2.65. The average molecular weight is 392 g/mol. The molecule has 5 rings (SSSR count). The van der Waals surface area contributed by atoms with Gasteiger partial charge in [0.2, 0.25) is 0 Å². The predicted molar refractivity (Wildman–Crippen MR) is 99.0 cm³/mol. The number of carbonyl (C=O) groups excluding carboxylic acids is 1. The lowest BCUT2D eigenvalue weighted by atomic mass is 9.40. The van der Waals surface area contributed by atoms with Crippen molar-refractivity contribution in [3.63, 3.8) is 0 Å². The van der Waals surface area contributed by atoms with Gasteiger partial charge in [-0.15, -0.1) is 0 Å². The Morgan fingerprint density at radius 3 is 2.33 bits per heavy atom. The molecule has 0 radical (unpaired) electrons. The van der Waals surface area contributed by atoms with Crippen LogP contribution in [0.5, 0.6) is 0 Å². The number of rotatable bonds is 3. The number of benzene rings is 1. The molecule has 0 heterocycles. The zero-order valence-electron chi connectivity index (χ0n) is 14.5. The van der Waals surface area contributed by atoms with Crippen LogP contribution in [0.2, 0.25) is 0 Å². The predicted octanol–water partition coefficient (Wildman–Crippen LogP) is 5.99. The number of ether oxygens (including phenoxy) is 1. The molecule has 0 spiro atoms. The second-order valence-electron chi connectivity index (χ2n) is 9.34. The molecule has 24 heavy (non-hydrogen) atoms. The maximum Gasteiger partial charge on any atom is 0.411 e. The monoisotopic (exact) mass is 391 g/mol. The van der Waals surface area contributed by atoms with Crippen LogP contribution in [0.25, 0.3) is 0 Å². The third-order valence-electron chi connectivity index (χ3n) is 6.34. The van der Waals surface area contributed by atoms with Crippen LogP contribution in [0.1, 0.15) is 52.4 Å². The second-order valence-corrected chi connectivity index (χ2v) is 10.3. The van der Waals surface area contributed by atoms with Crippen molar-refractivity contribution < 1.29 is 9.53 Å².